The molecule has 0 aliphatic heterocycles. The van der Waals surface area contributed by atoms with E-state index in [1.807, 2.05) is 13.0 Å². The third-order valence-electron chi connectivity index (χ3n) is 7.08. The van der Waals surface area contributed by atoms with Gasteiger partial charge in [0.15, 0.2) is 5.78 Å². The largest absolute Gasteiger partial charge is 0.386 e. The second kappa shape index (κ2) is 5.63. The zero-order valence-electron chi connectivity index (χ0n) is 14.9. The van der Waals surface area contributed by atoms with Crippen molar-refractivity contribution in [1.82, 2.24) is 0 Å². The van der Waals surface area contributed by atoms with Gasteiger partial charge >= 0.3 is 0 Å². The van der Waals surface area contributed by atoms with Crippen LogP contribution in [0.15, 0.2) is 24.3 Å². The zero-order valence-corrected chi connectivity index (χ0v) is 14.9. The average Bonchev–Trinajstić information content (AvgIpc) is 2.45. The van der Waals surface area contributed by atoms with E-state index in [9.17, 15) is 9.90 Å². The molecule has 2 rings (SSSR count). The minimum absolute atomic E-state index is 0.0885. The number of carbonyl (C=O) groups is 1. The summed E-state index contributed by atoms with van der Waals surface area (Å²) in [5, 5.41) is 10.3. The smallest absolute Gasteiger partial charge is 0.155 e. The monoisotopic (exact) mass is 304 g/mol. The number of hydrogen-bond donors (Lipinski definition) is 1. The van der Waals surface area contributed by atoms with E-state index < -0.39 is 5.60 Å². The summed E-state index contributed by atoms with van der Waals surface area (Å²) in [7, 11) is 0. The summed E-state index contributed by atoms with van der Waals surface area (Å²) in [6.45, 7) is 14.7. The Labute approximate surface area is 135 Å². The van der Waals surface area contributed by atoms with Crippen LogP contribution in [0.1, 0.15) is 66.7 Å². The van der Waals surface area contributed by atoms with Crippen LogP contribution in [0, 0.1) is 22.7 Å². The molecule has 1 N–H and O–H groups in total. The van der Waals surface area contributed by atoms with Gasteiger partial charge in [-0.1, -0.05) is 32.4 Å². The van der Waals surface area contributed by atoms with Crippen molar-refractivity contribution in [2.75, 3.05) is 0 Å². The van der Waals surface area contributed by atoms with Crippen molar-refractivity contribution in [1.29, 1.82) is 0 Å². The van der Waals surface area contributed by atoms with Crippen molar-refractivity contribution in [2.45, 2.75) is 72.3 Å². The van der Waals surface area contributed by atoms with Crippen molar-refractivity contribution in [3.63, 3.8) is 0 Å². The molecule has 0 saturated heterocycles. The Kier molecular flexibility index (Phi) is 4.47. The second-order valence-corrected chi connectivity index (χ2v) is 8.47. The summed E-state index contributed by atoms with van der Waals surface area (Å²) in [4.78, 5) is 12.2. The Morgan fingerprint density at radius 1 is 1.50 bits per heavy atom. The van der Waals surface area contributed by atoms with Crippen LogP contribution >= 0.6 is 0 Å². The van der Waals surface area contributed by atoms with Gasteiger partial charge in [-0.2, -0.15) is 0 Å². The second-order valence-electron chi connectivity index (χ2n) is 8.47. The summed E-state index contributed by atoms with van der Waals surface area (Å²) in [5.74, 6) is 1.22. The SMILES string of the molecule is C=CC(C)(O)CCC1(C)C(C)CC[C@]2(C)C(C)=CC(=O)C[C@H]12. The molecule has 0 heterocycles. The molecular weight excluding hydrogens is 272 g/mol. The highest BCUT2D eigenvalue weighted by atomic mass is 16.3. The predicted molar refractivity (Wildman–Crippen MR) is 91.5 cm³/mol. The first-order valence-corrected chi connectivity index (χ1v) is 8.63. The van der Waals surface area contributed by atoms with E-state index in [0.717, 1.165) is 6.42 Å². The fourth-order valence-electron chi connectivity index (χ4n) is 4.73. The number of fused-ring (bicyclic) bond motifs is 1. The third kappa shape index (κ3) is 2.82. The number of ketones is 1. The first kappa shape index (κ1) is 17.5. The summed E-state index contributed by atoms with van der Waals surface area (Å²) in [6.07, 6.45) is 8.17. The van der Waals surface area contributed by atoms with Crippen molar-refractivity contribution in [3.05, 3.63) is 24.3 Å². The molecule has 1 saturated carbocycles. The summed E-state index contributed by atoms with van der Waals surface area (Å²) in [5.41, 5.74) is 0.655. The summed E-state index contributed by atoms with van der Waals surface area (Å²) < 4.78 is 0. The molecule has 0 aromatic heterocycles. The first-order valence-electron chi connectivity index (χ1n) is 8.63. The van der Waals surface area contributed by atoms with Crippen LogP contribution in [0.4, 0.5) is 0 Å². The summed E-state index contributed by atoms with van der Waals surface area (Å²) in [6, 6.07) is 0. The highest BCUT2D eigenvalue weighted by Crippen LogP contribution is 2.61. The minimum atomic E-state index is -0.819. The Morgan fingerprint density at radius 3 is 2.73 bits per heavy atom. The number of allylic oxidation sites excluding steroid dienone is 2. The maximum atomic E-state index is 12.2. The molecule has 5 atom stereocenters. The first-order chi connectivity index (χ1) is 10.0. The van der Waals surface area contributed by atoms with Gasteiger partial charge in [0, 0.05) is 6.42 Å². The van der Waals surface area contributed by atoms with Crippen molar-refractivity contribution in [3.8, 4) is 0 Å². The Balaban J connectivity index is 2.34. The lowest BCUT2D eigenvalue weighted by molar-refractivity contribution is -0.124. The molecule has 2 aliphatic rings. The number of rotatable bonds is 4. The zero-order chi connectivity index (χ0) is 16.8. The minimum Gasteiger partial charge on any atom is -0.386 e. The van der Waals surface area contributed by atoms with E-state index in [4.69, 9.17) is 0 Å². The maximum Gasteiger partial charge on any atom is 0.155 e. The molecule has 0 spiro atoms. The highest BCUT2D eigenvalue weighted by Gasteiger charge is 2.54. The van der Waals surface area contributed by atoms with Crippen LogP contribution in [0.2, 0.25) is 0 Å². The lowest BCUT2D eigenvalue weighted by atomic mass is 9.46. The molecule has 124 valence electrons. The quantitative estimate of drug-likeness (QED) is 0.766. The van der Waals surface area contributed by atoms with E-state index in [0.29, 0.717) is 24.7 Å². The molecule has 0 amide bonds. The van der Waals surface area contributed by atoms with Gasteiger partial charge < -0.3 is 5.11 Å². The predicted octanol–water partition coefficient (Wildman–Crippen LogP) is 4.68. The number of hydrogen-bond acceptors (Lipinski definition) is 2. The Hall–Kier alpha value is -0.890. The molecule has 0 aromatic carbocycles. The van der Waals surface area contributed by atoms with Gasteiger partial charge in [0.05, 0.1) is 5.60 Å². The van der Waals surface area contributed by atoms with Crippen LogP contribution in [0.3, 0.4) is 0 Å². The molecule has 2 nitrogen and oxygen atoms in total. The molecule has 0 aromatic rings. The van der Waals surface area contributed by atoms with Gasteiger partial charge in [-0.25, -0.2) is 0 Å². The van der Waals surface area contributed by atoms with Gasteiger partial charge in [0.25, 0.3) is 0 Å². The molecular formula is C20H32O2. The van der Waals surface area contributed by atoms with Crippen LogP contribution < -0.4 is 0 Å². The van der Waals surface area contributed by atoms with Gasteiger partial charge in [-0.05, 0) is 68.3 Å². The molecule has 0 radical (unpaired) electrons. The topological polar surface area (TPSA) is 37.3 Å². The van der Waals surface area contributed by atoms with Gasteiger partial charge in [0.1, 0.15) is 0 Å². The molecule has 2 aliphatic carbocycles. The van der Waals surface area contributed by atoms with Crippen molar-refractivity contribution < 1.29 is 9.90 Å². The molecule has 1 fully saturated rings. The van der Waals surface area contributed by atoms with Gasteiger partial charge in [-0.3, -0.25) is 4.79 Å². The van der Waals surface area contributed by atoms with E-state index in [1.54, 1.807) is 6.08 Å². The lowest BCUT2D eigenvalue weighted by Gasteiger charge is -2.58. The van der Waals surface area contributed by atoms with Crippen molar-refractivity contribution >= 4 is 5.78 Å². The molecule has 22 heavy (non-hydrogen) atoms. The highest BCUT2D eigenvalue weighted by molar-refractivity contribution is 5.92. The lowest BCUT2D eigenvalue weighted by Crippen LogP contribution is -2.51. The van der Waals surface area contributed by atoms with Gasteiger partial charge in [-0.15, -0.1) is 6.58 Å². The van der Waals surface area contributed by atoms with Gasteiger partial charge in [0.2, 0.25) is 0 Å². The van der Waals surface area contributed by atoms with Crippen LogP contribution in [0.5, 0.6) is 0 Å². The molecule has 2 heteroatoms. The maximum absolute atomic E-state index is 12.2. The van der Waals surface area contributed by atoms with E-state index in [-0.39, 0.29) is 16.6 Å². The Morgan fingerprint density at radius 2 is 2.14 bits per heavy atom. The van der Waals surface area contributed by atoms with E-state index in [2.05, 4.69) is 34.3 Å². The number of carbonyl (C=O) groups excluding carboxylic acids is 1. The normalized spacial score (nSPS) is 41.4. The molecule has 3 unspecified atom stereocenters. The van der Waals surface area contributed by atoms with Crippen LogP contribution in [0.25, 0.3) is 0 Å². The fraction of sp³-hybridized carbons (Fsp3) is 0.750. The van der Waals surface area contributed by atoms with Crippen LogP contribution in [-0.2, 0) is 4.79 Å². The van der Waals surface area contributed by atoms with Crippen LogP contribution in [-0.4, -0.2) is 16.5 Å². The summed E-state index contributed by atoms with van der Waals surface area (Å²) >= 11 is 0. The number of aliphatic hydroxyl groups is 1. The standard InChI is InChI=1S/C20H32O2/c1-7-18(4,22)10-11-20(6)14(2)8-9-19(5)15(3)12-16(21)13-17(19)20/h7,12,14,17,22H,1,8-11,13H2,2-6H3/t14?,17-,18?,19+,20?/m0/s1. The van der Waals surface area contributed by atoms with Crippen molar-refractivity contribution in [2.24, 2.45) is 22.7 Å². The van der Waals surface area contributed by atoms with E-state index in [1.165, 1.54) is 18.4 Å². The molecule has 0 bridgehead atoms. The fourth-order valence-corrected chi connectivity index (χ4v) is 4.73. The Bertz CT molecular complexity index is 502. The average molecular weight is 304 g/mol. The van der Waals surface area contributed by atoms with E-state index >= 15 is 0 Å². The third-order valence-corrected chi connectivity index (χ3v) is 7.08.